The molecule has 0 aliphatic carbocycles. The van der Waals surface area contributed by atoms with Crippen LogP contribution in [0.3, 0.4) is 0 Å². The normalized spacial score (nSPS) is 16.1. The zero-order valence-electron chi connectivity index (χ0n) is 17.1. The number of aryl methyl sites for hydroxylation is 1. The number of carbonyl (C=O) groups is 1. The summed E-state index contributed by atoms with van der Waals surface area (Å²) in [7, 11) is 1.81. The highest BCUT2D eigenvalue weighted by Crippen LogP contribution is 2.34. The van der Waals surface area contributed by atoms with Crippen LogP contribution < -0.4 is 16.0 Å². The summed E-state index contributed by atoms with van der Waals surface area (Å²) in [5, 5.41) is 18.0. The maximum Gasteiger partial charge on any atom is 0.277 e. The Hall–Kier alpha value is -3.99. The van der Waals surface area contributed by atoms with Gasteiger partial charge in [0.25, 0.3) is 5.91 Å². The Morgan fingerprint density at radius 3 is 3.03 bits per heavy atom. The standard InChI is InChI=1S/C21H20FN7O3/c1-28-16-7-14(17(6-11(16)8-25-28)29-5-3-12(30)9-29)26-20(31)15-10-32-21(27-15)13-2-4-24-19(23)18(13)22/h2,4,6-8,10,12,30H,3,5,9H2,1H3,(H2,23,24)(H,26,31). The molecule has 1 amide bonds. The molecule has 1 aliphatic heterocycles. The molecule has 0 saturated carbocycles. The largest absolute Gasteiger partial charge is 0.444 e. The van der Waals surface area contributed by atoms with Gasteiger partial charge in [0.05, 0.1) is 34.8 Å². The monoisotopic (exact) mass is 437 g/mol. The fourth-order valence-corrected chi connectivity index (χ4v) is 3.82. The number of nitrogen functional groups attached to an aromatic ring is 1. The summed E-state index contributed by atoms with van der Waals surface area (Å²) in [6.07, 6.45) is 4.45. The number of aliphatic hydroxyl groups excluding tert-OH is 1. The van der Waals surface area contributed by atoms with Gasteiger partial charge in [-0.1, -0.05) is 0 Å². The van der Waals surface area contributed by atoms with Gasteiger partial charge in [0, 0.05) is 31.7 Å². The average molecular weight is 437 g/mol. The molecule has 3 aromatic heterocycles. The van der Waals surface area contributed by atoms with Gasteiger partial charge in [0.2, 0.25) is 5.89 Å². The minimum absolute atomic E-state index is 0.0135. The number of carbonyl (C=O) groups excluding carboxylic acids is 1. The van der Waals surface area contributed by atoms with Crippen LogP contribution in [-0.4, -0.2) is 50.0 Å². The minimum atomic E-state index is -0.766. The van der Waals surface area contributed by atoms with Crippen molar-refractivity contribution in [3.63, 3.8) is 0 Å². The lowest BCUT2D eigenvalue weighted by Gasteiger charge is -2.22. The number of aliphatic hydroxyl groups is 1. The number of benzene rings is 1. The molecule has 0 bridgehead atoms. The van der Waals surface area contributed by atoms with Crippen molar-refractivity contribution in [2.75, 3.05) is 29.0 Å². The van der Waals surface area contributed by atoms with E-state index in [-0.39, 0.29) is 23.0 Å². The quantitative estimate of drug-likeness (QED) is 0.442. The number of halogens is 1. The fraction of sp³-hybridized carbons (Fsp3) is 0.238. The van der Waals surface area contributed by atoms with E-state index in [2.05, 4.69) is 20.4 Å². The Labute approximate surface area is 181 Å². The van der Waals surface area contributed by atoms with Crippen LogP contribution in [0.1, 0.15) is 16.9 Å². The maximum atomic E-state index is 14.2. The number of nitrogens with two attached hydrogens (primary N) is 1. The van der Waals surface area contributed by atoms with Crippen molar-refractivity contribution in [3.05, 3.63) is 48.4 Å². The molecule has 32 heavy (non-hydrogen) atoms. The number of fused-ring (bicyclic) bond motifs is 1. The molecule has 4 heterocycles. The molecule has 1 saturated heterocycles. The lowest BCUT2D eigenvalue weighted by Crippen LogP contribution is -2.23. The third kappa shape index (κ3) is 3.42. The van der Waals surface area contributed by atoms with Crippen LogP contribution in [0.2, 0.25) is 0 Å². The van der Waals surface area contributed by atoms with Gasteiger partial charge in [-0.2, -0.15) is 5.10 Å². The first-order valence-corrected chi connectivity index (χ1v) is 9.96. The number of pyridine rings is 1. The van der Waals surface area contributed by atoms with E-state index >= 15 is 0 Å². The van der Waals surface area contributed by atoms with Gasteiger partial charge >= 0.3 is 0 Å². The Bertz CT molecular complexity index is 1330. The molecule has 164 valence electrons. The maximum absolute atomic E-state index is 14.2. The van der Waals surface area contributed by atoms with E-state index in [1.54, 1.807) is 10.9 Å². The molecule has 10 nitrogen and oxygen atoms in total. The molecule has 5 rings (SSSR count). The number of nitrogens with one attached hydrogen (secondary N) is 1. The zero-order chi connectivity index (χ0) is 22.4. The van der Waals surface area contributed by atoms with Crippen molar-refractivity contribution in [1.82, 2.24) is 19.7 Å². The predicted octanol–water partition coefficient (Wildman–Crippen LogP) is 2.17. The minimum Gasteiger partial charge on any atom is -0.444 e. The third-order valence-electron chi connectivity index (χ3n) is 5.50. The summed E-state index contributed by atoms with van der Waals surface area (Å²) < 4.78 is 21.3. The highest BCUT2D eigenvalue weighted by molar-refractivity contribution is 6.06. The average Bonchev–Trinajstić information content (AvgIpc) is 3.50. The van der Waals surface area contributed by atoms with Gasteiger partial charge in [0.1, 0.15) is 6.26 Å². The number of oxazole rings is 1. The Morgan fingerprint density at radius 2 is 2.25 bits per heavy atom. The first-order valence-electron chi connectivity index (χ1n) is 9.96. The molecule has 1 aromatic carbocycles. The van der Waals surface area contributed by atoms with Crippen molar-refractivity contribution in [2.24, 2.45) is 7.05 Å². The smallest absolute Gasteiger partial charge is 0.277 e. The van der Waals surface area contributed by atoms with Gasteiger partial charge in [-0.3, -0.25) is 9.48 Å². The summed E-state index contributed by atoms with van der Waals surface area (Å²) >= 11 is 0. The van der Waals surface area contributed by atoms with Crippen molar-refractivity contribution in [1.29, 1.82) is 0 Å². The topological polar surface area (TPSA) is 135 Å². The van der Waals surface area contributed by atoms with E-state index in [0.717, 1.165) is 22.9 Å². The van der Waals surface area contributed by atoms with Crippen LogP contribution in [-0.2, 0) is 7.05 Å². The molecule has 1 unspecified atom stereocenters. The highest BCUT2D eigenvalue weighted by Gasteiger charge is 2.25. The zero-order valence-corrected chi connectivity index (χ0v) is 17.1. The Morgan fingerprint density at radius 1 is 1.41 bits per heavy atom. The van der Waals surface area contributed by atoms with E-state index in [9.17, 15) is 14.3 Å². The van der Waals surface area contributed by atoms with Crippen molar-refractivity contribution < 1.29 is 18.7 Å². The molecule has 0 radical (unpaired) electrons. The molecule has 4 N–H and O–H groups in total. The van der Waals surface area contributed by atoms with Gasteiger partial charge in [-0.05, 0) is 24.6 Å². The van der Waals surface area contributed by atoms with Crippen LogP contribution in [0, 0.1) is 5.82 Å². The van der Waals surface area contributed by atoms with E-state index in [0.29, 0.717) is 25.2 Å². The van der Waals surface area contributed by atoms with Crippen LogP contribution in [0.5, 0.6) is 0 Å². The summed E-state index contributed by atoms with van der Waals surface area (Å²) in [6, 6.07) is 5.12. The lowest BCUT2D eigenvalue weighted by molar-refractivity contribution is 0.102. The molecular formula is C21H20FN7O3. The lowest BCUT2D eigenvalue weighted by atomic mass is 10.1. The van der Waals surface area contributed by atoms with Gasteiger partial charge in [-0.25, -0.2) is 14.4 Å². The highest BCUT2D eigenvalue weighted by atomic mass is 19.1. The number of anilines is 3. The SMILES string of the molecule is Cn1ncc2cc(N3CCC(O)C3)c(NC(=O)c3coc(-c4ccnc(N)c4F)n3)cc21. The second-order valence-corrected chi connectivity index (χ2v) is 7.63. The van der Waals surface area contributed by atoms with Crippen molar-refractivity contribution in [2.45, 2.75) is 12.5 Å². The summed E-state index contributed by atoms with van der Waals surface area (Å²) in [5.74, 6) is -1.65. The van der Waals surface area contributed by atoms with Crippen molar-refractivity contribution in [3.8, 4) is 11.5 Å². The number of amides is 1. The van der Waals surface area contributed by atoms with Crippen molar-refractivity contribution >= 4 is 34.0 Å². The van der Waals surface area contributed by atoms with E-state index in [4.69, 9.17) is 10.2 Å². The van der Waals surface area contributed by atoms with E-state index in [1.165, 1.54) is 12.3 Å². The number of hydrogen-bond donors (Lipinski definition) is 3. The number of aromatic nitrogens is 4. The third-order valence-corrected chi connectivity index (χ3v) is 5.50. The molecule has 4 aromatic rings. The Balaban J connectivity index is 1.48. The molecule has 1 aliphatic rings. The second-order valence-electron chi connectivity index (χ2n) is 7.63. The predicted molar refractivity (Wildman–Crippen MR) is 116 cm³/mol. The first-order chi connectivity index (χ1) is 15.4. The number of β-amino-alcohol motifs (C(OH)–C–C–N with tert-alkyl or cyclic N) is 1. The van der Waals surface area contributed by atoms with Crippen LogP contribution >= 0.6 is 0 Å². The second kappa shape index (κ2) is 7.61. The summed E-state index contributed by atoms with van der Waals surface area (Å²) in [4.78, 5) is 22.7. The molecule has 0 spiro atoms. The molecular weight excluding hydrogens is 417 g/mol. The summed E-state index contributed by atoms with van der Waals surface area (Å²) in [6.45, 7) is 1.12. The van der Waals surface area contributed by atoms with Gasteiger partial charge in [-0.15, -0.1) is 0 Å². The summed E-state index contributed by atoms with van der Waals surface area (Å²) in [5.41, 5.74) is 7.64. The van der Waals surface area contributed by atoms with Crippen LogP contribution in [0.15, 0.2) is 41.3 Å². The van der Waals surface area contributed by atoms with Gasteiger partial charge in [0.15, 0.2) is 17.3 Å². The first kappa shape index (κ1) is 19.9. The van der Waals surface area contributed by atoms with Crippen LogP contribution in [0.4, 0.5) is 21.6 Å². The molecule has 11 heteroatoms. The number of nitrogens with zero attached hydrogens (tertiary/aromatic N) is 5. The van der Waals surface area contributed by atoms with Crippen LogP contribution in [0.25, 0.3) is 22.4 Å². The fourth-order valence-electron chi connectivity index (χ4n) is 3.82. The van der Waals surface area contributed by atoms with E-state index in [1.807, 2.05) is 24.1 Å². The van der Waals surface area contributed by atoms with Gasteiger partial charge < -0.3 is 25.5 Å². The number of hydrogen-bond acceptors (Lipinski definition) is 8. The number of rotatable bonds is 4. The molecule has 1 fully saturated rings. The Kier molecular flexibility index (Phi) is 4.74. The molecule has 1 atom stereocenters. The van der Waals surface area contributed by atoms with E-state index < -0.39 is 17.8 Å².